The second-order valence-electron chi connectivity index (χ2n) is 7.93. The second kappa shape index (κ2) is 7.59. The Bertz CT molecular complexity index is 1180. The van der Waals surface area contributed by atoms with Gasteiger partial charge < -0.3 is 25.1 Å². The molecule has 0 atom stereocenters. The Kier molecular flexibility index (Phi) is 4.74. The Labute approximate surface area is 179 Å². The van der Waals surface area contributed by atoms with Gasteiger partial charge in [0.25, 0.3) is 5.91 Å². The van der Waals surface area contributed by atoms with Gasteiger partial charge in [0.2, 0.25) is 5.91 Å². The molecule has 1 aromatic carbocycles. The molecule has 0 saturated carbocycles. The minimum atomic E-state index is -0.170. The Morgan fingerprint density at radius 3 is 2.77 bits per heavy atom. The largest absolute Gasteiger partial charge is 0.482 e. The number of nitrogens with two attached hydrogens (primary N) is 1. The average Bonchev–Trinajstić information content (AvgIpc) is 3.11. The zero-order valence-electron chi connectivity index (χ0n) is 17.3. The molecular weight excluding hydrogens is 396 g/mol. The lowest BCUT2D eigenvalue weighted by Crippen LogP contribution is -2.47. The van der Waals surface area contributed by atoms with Gasteiger partial charge in [0.05, 0.1) is 17.1 Å². The molecule has 1 saturated heterocycles. The molecular formula is C22H24N6O3. The number of piperazine rings is 1. The molecule has 31 heavy (non-hydrogen) atoms. The maximum absolute atomic E-state index is 11.8. The summed E-state index contributed by atoms with van der Waals surface area (Å²) in [6.45, 7) is 5.32. The molecule has 3 aromatic rings. The van der Waals surface area contributed by atoms with Gasteiger partial charge in [-0.1, -0.05) is 0 Å². The molecule has 0 bridgehead atoms. The quantitative estimate of drug-likeness (QED) is 0.667. The molecule has 2 aliphatic rings. The van der Waals surface area contributed by atoms with Crippen molar-refractivity contribution in [1.29, 1.82) is 0 Å². The summed E-state index contributed by atoms with van der Waals surface area (Å²) >= 11 is 0. The number of carbonyl (C=O) groups is 2. The highest BCUT2D eigenvalue weighted by molar-refractivity contribution is 5.96. The molecule has 160 valence electrons. The summed E-state index contributed by atoms with van der Waals surface area (Å²) < 4.78 is 7.51. The highest BCUT2D eigenvalue weighted by Gasteiger charge is 2.23. The summed E-state index contributed by atoms with van der Waals surface area (Å²) in [5, 5.41) is 2.86. The fraction of sp³-hybridized carbons (Fsp3) is 0.318. The van der Waals surface area contributed by atoms with E-state index in [0.717, 1.165) is 35.7 Å². The standard InChI is InChI=1S/C22H24N6O3/c1-14(29)27-8-6-26(7-9-27)12-18-22(25-20-5-3-16(23)11-28(18)20)15-2-4-19-17(10-15)24-21(30)13-31-19/h2-5,10-11H,6-9,12-13,23H2,1H3,(H,24,30). The molecule has 2 amide bonds. The van der Waals surface area contributed by atoms with E-state index < -0.39 is 0 Å². The zero-order chi connectivity index (χ0) is 21.5. The summed E-state index contributed by atoms with van der Waals surface area (Å²) in [6.07, 6.45) is 1.89. The number of carbonyl (C=O) groups excluding carboxylic acids is 2. The highest BCUT2D eigenvalue weighted by atomic mass is 16.5. The van der Waals surface area contributed by atoms with Crippen molar-refractivity contribution in [3.05, 3.63) is 42.2 Å². The number of nitrogens with zero attached hydrogens (tertiary/aromatic N) is 4. The summed E-state index contributed by atoms with van der Waals surface area (Å²) in [5.74, 6) is 0.593. The molecule has 3 N–H and O–H groups in total. The first-order valence-electron chi connectivity index (χ1n) is 10.3. The van der Waals surface area contributed by atoms with E-state index in [4.69, 9.17) is 15.5 Å². The van der Waals surface area contributed by atoms with Gasteiger partial charge in [-0.05, 0) is 30.3 Å². The number of aromatic nitrogens is 2. The third kappa shape index (κ3) is 3.68. The molecule has 4 heterocycles. The molecule has 1 fully saturated rings. The van der Waals surface area contributed by atoms with Gasteiger partial charge in [0, 0.05) is 57.1 Å². The number of nitrogens with one attached hydrogen (secondary N) is 1. The van der Waals surface area contributed by atoms with E-state index in [9.17, 15) is 9.59 Å². The van der Waals surface area contributed by atoms with Crippen LogP contribution in [-0.4, -0.2) is 63.8 Å². The lowest BCUT2D eigenvalue weighted by Gasteiger charge is -2.34. The highest BCUT2D eigenvalue weighted by Crippen LogP contribution is 2.34. The van der Waals surface area contributed by atoms with E-state index in [1.807, 2.05) is 45.8 Å². The van der Waals surface area contributed by atoms with Crippen LogP contribution in [0.1, 0.15) is 12.6 Å². The number of hydrogen-bond donors (Lipinski definition) is 2. The molecule has 9 heteroatoms. The molecule has 2 aliphatic heterocycles. The number of nitrogen functional groups attached to an aromatic ring is 1. The van der Waals surface area contributed by atoms with Gasteiger partial charge in [0.1, 0.15) is 11.4 Å². The van der Waals surface area contributed by atoms with Crippen LogP contribution in [0.2, 0.25) is 0 Å². The number of hydrogen-bond acceptors (Lipinski definition) is 6. The molecule has 0 unspecified atom stereocenters. The van der Waals surface area contributed by atoms with Crippen molar-refractivity contribution in [3.63, 3.8) is 0 Å². The van der Waals surface area contributed by atoms with E-state index in [-0.39, 0.29) is 18.4 Å². The van der Waals surface area contributed by atoms with Crippen molar-refractivity contribution in [2.75, 3.05) is 43.8 Å². The Morgan fingerprint density at radius 1 is 1.19 bits per heavy atom. The first kappa shape index (κ1) is 19.4. The molecule has 9 nitrogen and oxygen atoms in total. The SMILES string of the molecule is CC(=O)N1CCN(Cc2c(-c3ccc4c(c3)NC(=O)CO4)nc3ccc(N)cn23)CC1. The first-order valence-corrected chi connectivity index (χ1v) is 10.3. The van der Waals surface area contributed by atoms with Crippen LogP contribution in [0.25, 0.3) is 16.9 Å². The maximum Gasteiger partial charge on any atom is 0.262 e. The monoisotopic (exact) mass is 420 g/mol. The fourth-order valence-corrected chi connectivity index (χ4v) is 4.16. The lowest BCUT2D eigenvalue weighted by atomic mass is 10.1. The molecule has 5 rings (SSSR count). The van der Waals surface area contributed by atoms with Gasteiger partial charge in [-0.2, -0.15) is 0 Å². The predicted molar refractivity (Wildman–Crippen MR) is 117 cm³/mol. The summed E-state index contributed by atoms with van der Waals surface area (Å²) in [4.78, 5) is 32.5. The van der Waals surface area contributed by atoms with Crippen LogP contribution in [0.15, 0.2) is 36.5 Å². The number of fused-ring (bicyclic) bond motifs is 2. The van der Waals surface area contributed by atoms with Crippen LogP contribution in [0.4, 0.5) is 11.4 Å². The zero-order valence-corrected chi connectivity index (χ0v) is 17.3. The van der Waals surface area contributed by atoms with E-state index >= 15 is 0 Å². The summed E-state index contributed by atoms with van der Waals surface area (Å²) in [6, 6.07) is 9.45. The molecule has 2 aromatic heterocycles. The van der Waals surface area contributed by atoms with Crippen LogP contribution in [0, 0.1) is 0 Å². The van der Waals surface area contributed by atoms with Gasteiger partial charge >= 0.3 is 0 Å². The smallest absolute Gasteiger partial charge is 0.262 e. The van der Waals surface area contributed by atoms with Gasteiger partial charge in [-0.15, -0.1) is 0 Å². The van der Waals surface area contributed by atoms with Crippen molar-refractivity contribution in [1.82, 2.24) is 19.2 Å². The van der Waals surface area contributed by atoms with Crippen molar-refractivity contribution in [2.24, 2.45) is 0 Å². The number of amides is 2. The molecule has 0 radical (unpaired) electrons. The normalized spacial score (nSPS) is 16.7. The third-order valence-corrected chi connectivity index (χ3v) is 5.82. The number of benzene rings is 1. The number of rotatable bonds is 3. The minimum absolute atomic E-state index is 0.0253. The topological polar surface area (TPSA) is 105 Å². The Balaban J connectivity index is 1.52. The Morgan fingerprint density at radius 2 is 2.00 bits per heavy atom. The first-order chi connectivity index (χ1) is 15.0. The van der Waals surface area contributed by atoms with Crippen molar-refractivity contribution >= 4 is 28.8 Å². The number of anilines is 2. The van der Waals surface area contributed by atoms with Crippen molar-refractivity contribution in [3.8, 4) is 17.0 Å². The van der Waals surface area contributed by atoms with E-state index in [1.54, 1.807) is 6.92 Å². The van der Waals surface area contributed by atoms with E-state index in [2.05, 4.69) is 10.2 Å². The summed E-state index contributed by atoms with van der Waals surface area (Å²) in [7, 11) is 0. The average molecular weight is 420 g/mol. The van der Waals surface area contributed by atoms with Crippen LogP contribution >= 0.6 is 0 Å². The van der Waals surface area contributed by atoms with Crippen molar-refractivity contribution < 1.29 is 14.3 Å². The van der Waals surface area contributed by atoms with E-state index in [0.29, 0.717) is 36.8 Å². The lowest BCUT2D eigenvalue weighted by molar-refractivity contribution is -0.130. The van der Waals surface area contributed by atoms with Crippen LogP contribution < -0.4 is 15.8 Å². The maximum atomic E-state index is 11.8. The molecule has 0 aliphatic carbocycles. The van der Waals surface area contributed by atoms with Crippen molar-refractivity contribution in [2.45, 2.75) is 13.5 Å². The van der Waals surface area contributed by atoms with Gasteiger partial charge in [0.15, 0.2) is 6.61 Å². The van der Waals surface area contributed by atoms with Gasteiger partial charge in [-0.3, -0.25) is 14.5 Å². The predicted octanol–water partition coefficient (Wildman–Crippen LogP) is 1.58. The minimum Gasteiger partial charge on any atom is -0.482 e. The summed E-state index contributed by atoms with van der Waals surface area (Å²) in [5.41, 5.74) is 10.9. The van der Waals surface area contributed by atoms with Crippen LogP contribution in [0.3, 0.4) is 0 Å². The second-order valence-corrected chi connectivity index (χ2v) is 7.93. The molecule has 0 spiro atoms. The van der Waals surface area contributed by atoms with Crippen LogP contribution in [-0.2, 0) is 16.1 Å². The van der Waals surface area contributed by atoms with Crippen LogP contribution in [0.5, 0.6) is 5.75 Å². The number of pyridine rings is 1. The fourth-order valence-electron chi connectivity index (χ4n) is 4.16. The van der Waals surface area contributed by atoms with E-state index in [1.165, 1.54) is 0 Å². The number of ether oxygens (including phenoxy) is 1. The Hall–Kier alpha value is -3.59. The third-order valence-electron chi connectivity index (χ3n) is 5.82. The number of imidazole rings is 1. The van der Waals surface area contributed by atoms with Gasteiger partial charge in [-0.25, -0.2) is 4.98 Å².